The first-order chi connectivity index (χ1) is 17.4. The Kier molecular flexibility index (Phi) is 8.07. The normalized spacial score (nSPS) is 26.2. The first kappa shape index (κ1) is 25.8. The van der Waals surface area contributed by atoms with Gasteiger partial charge in [-0.1, -0.05) is 63.1 Å². The van der Waals surface area contributed by atoms with Crippen LogP contribution in [-0.4, -0.2) is 54.6 Å². The molecule has 2 heterocycles. The molecule has 1 spiro atoms. The van der Waals surface area contributed by atoms with Crippen molar-refractivity contribution in [3.8, 4) is 0 Å². The summed E-state index contributed by atoms with van der Waals surface area (Å²) in [7, 11) is 4.39. The van der Waals surface area contributed by atoms with Gasteiger partial charge >= 0.3 is 0 Å². The van der Waals surface area contributed by atoms with E-state index in [0.717, 1.165) is 24.0 Å². The zero-order valence-electron chi connectivity index (χ0n) is 22.9. The highest BCUT2D eigenvalue weighted by molar-refractivity contribution is 5.98. The highest BCUT2D eigenvalue weighted by Crippen LogP contribution is 2.46. The van der Waals surface area contributed by atoms with Crippen LogP contribution in [0.4, 0.5) is 0 Å². The summed E-state index contributed by atoms with van der Waals surface area (Å²) in [4.78, 5) is 19.5. The van der Waals surface area contributed by atoms with Gasteiger partial charge < -0.3 is 20.5 Å². The SMILES string of the molecule is Cc1cccc2cc(C(=O)NC(C3CC3)C3CC(CN(C)C)CNC34CCCCCCCCC4)[nH]c12. The molecule has 1 amide bonds. The summed E-state index contributed by atoms with van der Waals surface area (Å²) < 4.78 is 0. The van der Waals surface area contributed by atoms with E-state index in [1.807, 2.05) is 6.07 Å². The molecule has 2 aliphatic carbocycles. The molecule has 1 aromatic heterocycles. The summed E-state index contributed by atoms with van der Waals surface area (Å²) in [6.07, 6.45) is 15.7. The molecule has 5 rings (SSSR count). The molecule has 1 saturated heterocycles. The predicted molar refractivity (Wildman–Crippen MR) is 149 cm³/mol. The number of benzene rings is 1. The van der Waals surface area contributed by atoms with Crippen LogP contribution in [-0.2, 0) is 0 Å². The fourth-order valence-corrected chi connectivity index (χ4v) is 7.39. The summed E-state index contributed by atoms with van der Waals surface area (Å²) in [5.41, 5.74) is 3.14. The van der Waals surface area contributed by atoms with E-state index in [-0.39, 0.29) is 17.5 Å². The minimum atomic E-state index is 0.0762. The van der Waals surface area contributed by atoms with Gasteiger partial charge in [-0.2, -0.15) is 0 Å². The van der Waals surface area contributed by atoms with Crippen LogP contribution in [0.2, 0.25) is 0 Å². The Balaban J connectivity index is 1.42. The minimum absolute atomic E-state index is 0.0762. The summed E-state index contributed by atoms with van der Waals surface area (Å²) in [6.45, 7) is 4.34. The van der Waals surface area contributed by atoms with Gasteiger partial charge in [0.25, 0.3) is 5.91 Å². The maximum absolute atomic E-state index is 13.7. The molecule has 36 heavy (non-hydrogen) atoms. The van der Waals surface area contributed by atoms with Crippen LogP contribution in [0.25, 0.3) is 10.9 Å². The molecule has 0 radical (unpaired) electrons. The summed E-state index contributed by atoms with van der Waals surface area (Å²) in [6, 6.07) is 8.57. The number of aromatic nitrogens is 1. The number of aromatic amines is 1. The molecular weight excluding hydrogens is 444 g/mol. The van der Waals surface area contributed by atoms with Gasteiger partial charge in [-0.05, 0) is 89.1 Å². The van der Waals surface area contributed by atoms with Crippen molar-refractivity contribution in [2.45, 2.75) is 95.6 Å². The fraction of sp³-hybridized carbons (Fsp3) is 0.710. The lowest BCUT2D eigenvalue weighted by Gasteiger charge is -2.52. The first-order valence-electron chi connectivity index (χ1n) is 14.7. The molecule has 1 aliphatic heterocycles. The van der Waals surface area contributed by atoms with Gasteiger partial charge in [0.15, 0.2) is 0 Å². The molecule has 0 bridgehead atoms. The van der Waals surface area contributed by atoms with E-state index in [0.29, 0.717) is 23.4 Å². The van der Waals surface area contributed by atoms with Gasteiger partial charge in [-0.15, -0.1) is 0 Å². The van der Waals surface area contributed by atoms with Crippen molar-refractivity contribution in [2.24, 2.45) is 17.8 Å². The molecule has 1 aromatic carbocycles. The van der Waals surface area contributed by atoms with Crippen molar-refractivity contribution in [1.29, 1.82) is 0 Å². The van der Waals surface area contributed by atoms with Gasteiger partial charge in [-0.25, -0.2) is 0 Å². The largest absolute Gasteiger partial charge is 0.350 e. The number of nitrogens with one attached hydrogen (secondary N) is 3. The molecule has 2 saturated carbocycles. The Morgan fingerprint density at radius 3 is 2.42 bits per heavy atom. The van der Waals surface area contributed by atoms with Crippen LogP contribution < -0.4 is 10.6 Å². The zero-order valence-corrected chi connectivity index (χ0v) is 22.9. The Labute approximate surface area is 218 Å². The zero-order chi connectivity index (χ0) is 25.1. The molecule has 198 valence electrons. The van der Waals surface area contributed by atoms with E-state index in [2.05, 4.69) is 59.7 Å². The number of nitrogens with zero attached hydrogens (tertiary/aromatic N) is 1. The predicted octanol–water partition coefficient (Wildman–Crippen LogP) is 6.04. The molecular formula is C31H48N4O. The highest BCUT2D eigenvalue weighted by Gasteiger charge is 2.50. The quantitative estimate of drug-likeness (QED) is 0.461. The molecule has 3 unspecified atom stereocenters. The summed E-state index contributed by atoms with van der Waals surface area (Å²) >= 11 is 0. The van der Waals surface area contributed by atoms with Crippen LogP contribution >= 0.6 is 0 Å². The van der Waals surface area contributed by atoms with Crippen molar-refractivity contribution in [2.75, 3.05) is 27.2 Å². The lowest BCUT2D eigenvalue weighted by Crippen LogP contribution is -2.64. The molecule has 3 N–H and O–H groups in total. The van der Waals surface area contributed by atoms with Gasteiger partial charge in [0.2, 0.25) is 0 Å². The standard InChI is InChI=1S/C31H48N4O/c1-22-12-11-13-25-19-27(33-28(22)25)30(36)34-29(24-14-15-24)26-18-23(21-35(2)3)20-32-31(26)16-9-7-5-4-6-8-10-17-31/h11-13,19,23-24,26,29,32-33H,4-10,14-18,20-21H2,1-3H3,(H,34,36). The Hall–Kier alpha value is -1.85. The van der Waals surface area contributed by atoms with Crippen molar-refractivity contribution >= 4 is 16.8 Å². The third-order valence-corrected chi connectivity index (χ3v) is 9.38. The number of amides is 1. The second-order valence-electron chi connectivity index (χ2n) is 12.5. The average molecular weight is 493 g/mol. The average Bonchev–Trinajstić information content (AvgIpc) is 3.60. The maximum atomic E-state index is 13.7. The number of rotatable bonds is 6. The Morgan fingerprint density at radius 2 is 1.78 bits per heavy atom. The lowest BCUT2D eigenvalue weighted by atomic mass is 9.65. The number of hydrogen-bond acceptors (Lipinski definition) is 3. The number of carbonyl (C=O) groups excluding carboxylic acids is 1. The van der Waals surface area contributed by atoms with Crippen molar-refractivity contribution < 1.29 is 4.79 Å². The van der Waals surface area contributed by atoms with Gasteiger partial charge in [0.05, 0.1) is 0 Å². The van der Waals surface area contributed by atoms with Crippen LogP contribution in [0.3, 0.4) is 0 Å². The molecule has 5 heteroatoms. The Morgan fingerprint density at radius 1 is 1.08 bits per heavy atom. The number of aryl methyl sites for hydroxylation is 1. The van der Waals surface area contributed by atoms with E-state index >= 15 is 0 Å². The number of carbonyl (C=O) groups is 1. The van der Waals surface area contributed by atoms with Crippen LogP contribution in [0.1, 0.15) is 93.1 Å². The third kappa shape index (κ3) is 5.83. The number of H-pyrrole nitrogens is 1. The van der Waals surface area contributed by atoms with Crippen molar-refractivity contribution in [3.63, 3.8) is 0 Å². The maximum Gasteiger partial charge on any atom is 0.267 e. The first-order valence-corrected chi connectivity index (χ1v) is 14.7. The summed E-state index contributed by atoms with van der Waals surface area (Å²) in [5.74, 6) is 1.84. The topological polar surface area (TPSA) is 60.2 Å². The molecule has 5 nitrogen and oxygen atoms in total. The van der Waals surface area contributed by atoms with Gasteiger partial charge in [0.1, 0.15) is 5.69 Å². The van der Waals surface area contributed by atoms with Crippen LogP contribution in [0.5, 0.6) is 0 Å². The number of hydrogen-bond donors (Lipinski definition) is 3. The van der Waals surface area contributed by atoms with E-state index in [1.165, 1.54) is 82.6 Å². The van der Waals surface area contributed by atoms with Crippen molar-refractivity contribution in [1.82, 2.24) is 20.5 Å². The van der Waals surface area contributed by atoms with E-state index in [1.54, 1.807) is 0 Å². The molecule has 3 atom stereocenters. The fourth-order valence-electron chi connectivity index (χ4n) is 7.39. The molecule has 2 aromatic rings. The number of piperidine rings is 1. The minimum Gasteiger partial charge on any atom is -0.350 e. The van der Waals surface area contributed by atoms with Crippen LogP contribution in [0, 0.1) is 24.7 Å². The number of para-hydroxylation sites is 1. The van der Waals surface area contributed by atoms with E-state index in [9.17, 15) is 4.79 Å². The second kappa shape index (κ2) is 11.3. The highest BCUT2D eigenvalue weighted by atomic mass is 16.2. The number of fused-ring (bicyclic) bond motifs is 1. The van der Waals surface area contributed by atoms with Crippen LogP contribution in [0.15, 0.2) is 24.3 Å². The Bertz CT molecular complexity index is 1010. The summed E-state index contributed by atoms with van der Waals surface area (Å²) in [5, 5.41) is 8.93. The third-order valence-electron chi connectivity index (χ3n) is 9.38. The smallest absolute Gasteiger partial charge is 0.267 e. The second-order valence-corrected chi connectivity index (χ2v) is 12.5. The van der Waals surface area contributed by atoms with Gasteiger partial charge in [0, 0.05) is 29.0 Å². The lowest BCUT2D eigenvalue weighted by molar-refractivity contribution is 0.0466. The molecule has 3 fully saturated rings. The molecule has 3 aliphatic rings. The van der Waals surface area contributed by atoms with Gasteiger partial charge in [-0.3, -0.25) is 4.79 Å². The van der Waals surface area contributed by atoms with E-state index in [4.69, 9.17) is 0 Å². The monoisotopic (exact) mass is 492 g/mol. The van der Waals surface area contributed by atoms with E-state index < -0.39 is 0 Å². The van der Waals surface area contributed by atoms with Crippen molar-refractivity contribution in [3.05, 3.63) is 35.5 Å².